The molecule has 0 amide bonds. The van der Waals surface area contributed by atoms with Gasteiger partial charge in [0.05, 0.1) is 5.56 Å². The average Bonchev–Trinajstić information content (AvgIpc) is 2.39. The minimum Gasteiger partial charge on any atom is -0.488 e. The SMILES string of the molecule is Cc1cccc(C)c1COc1c(C)cc(Br)cc1C=O. The predicted octanol–water partition coefficient (Wildman–Crippen LogP) is 4.77. The Hall–Kier alpha value is -1.61. The zero-order valence-corrected chi connectivity index (χ0v) is 13.5. The maximum atomic E-state index is 11.2. The van der Waals surface area contributed by atoms with E-state index >= 15 is 0 Å². The van der Waals surface area contributed by atoms with Gasteiger partial charge in [-0.25, -0.2) is 0 Å². The van der Waals surface area contributed by atoms with Gasteiger partial charge in [-0.15, -0.1) is 0 Å². The third-order valence-corrected chi connectivity index (χ3v) is 3.86. The van der Waals surface area contributed by atoms with Crippen LogP contribution in [0.2, 0.25) is 0 Å². The number of hydrogen-bond donors (Lipinski definition) is 0. The minimum atomic E-state index is 0.474. The fourth-order valence-corrected chi connectivity index (χ4v) is 2.85. The first-order valence-electron chi connectivity index (χ1n) is 6.46. The van der Waals surface area contributed by atoms with Crippen LogP contribution in [0.3, 0.4) is 0 Å². The van der Waals surface area contributed by atoms with Crippen LogP contribution >= 0.6 is 15.9 Å². The van der Waals surface area contributed by atoms with Gasteiger partial charge in [-0.1, -0.05) is 34.1 Å². The van der Waals surface area contributed by atoms with E-state index in [0.29, 0.717) is 17.9 Å². The van der Waals surface area contributed by atoms with Gasteiger partial charge in [0.2, 0.25) is 0 Å². The van der Waals surface area contributed by atoms with E-state index in [4.69, 9.17) is 4.74 Å². The van der Waals surface area contributed by atoms with Crippen LogP contribution in [0, 0.1) is 20.8 Å². The number of rotatable bonds is 4. The van der Waals surface area contributed by atoms with Gasteiger partial charge in [0.25, 0.3) is 0 Å². The van der Waals surface area contributed by atoms with E-state index < -0.39 is 0 Å². The number of carbonyl (C=O) groups excluding carboxylic acids is 1. The van der Waals surface area contributed by atoms with Crippen molar-refractivity contribution in [1.29, 1.82) is 0 Å². The molecule has 0 fully saturated rings. The summed E-state index contributed by atoms with van der Waals surface area (Å²) in [4.78, 5) is 11.2. The zero-order valence-electron chi connectivity index (χ0n) is 11.9. The molecule has 0 radical (unpaired) electrons. The highest BCUT2D eigenvalue weighted by Gasteiger charge is 2.10. The molecule has 0 bridgehead atoms. The number of aryl methyl sites for hydroxylation is 3. The third-order valence-electron chi connectivity index (χ3n) is 3.40. The van der Waals surface area contributed by atoms with Crippen molar-refractivity contribution >= 4 is 22.2 Å². The topological polar surface area (TPSA) is 26.3 Å². The summed E-state index contributed by atoms with van der Waals surface area (Å²) in [5.74, 6) is 0.658. The highest BCUT2D eigenvalue weighted by Crippen LogP contribution is 2.28. The van der Waals surface area contributed by atoms with Crippen molar-refractivity contribution in [1.82, 2.24) is 0 Å². The molecule has 104 valence electrons. The van der Waals surface area contributed by atoms with E-state index in [1.165, 1.54) is 16.7 Å². The molecule has 0 heterocycles. The lowest BCUT2D eigenvalue weighted by Gasteiger charge is -2.15. The van der Waals surface area contributed by atoms with Crippen molar-refractivity contribution in [2.45, 2.75) is 27.4 Å². The Morgan fingerprint density at radius 2 is 1.75 bits per heavy atom. The van der Waals surface area contributed by atoms with Gasteiger partial charge in [0.15, 0.2) is 6.29 Å². The Morgan fingerprint density at radius 1 is 1.10 bits per heavy atom. The third kappa shape index (κ3) is 3.10. The van der Waals surface area contributed by atoms with E-state index in [2.05, 4.69) is 41.9 Å². The van der Waals surface area contributed by atoms with Gasteiger partial charge in [-0.2, -0.15) is 0 Å². The van der Waals surface area contributed by atoms with Gasteiger partial charge < -0.3 is 4.74 Å². The molecule has 0 aliphatic heterocycles. The summed E-state index contributed by atoms with van der Waals surface area (Å²) in [7, 11) is 0. The van der Waals surface area contributed by atoms with E-state index in [1.807, 2.05) is 19.1 Å². The summed E-state index contributed by atoms with van der Waals surface area (Å²) in [6.07, 6.45) is 0.831. The molecule has 0 aliphatic rings. The number of benzene rings is 2. The quantitative estimate of drug-likeness (QED) is 0.754. The first-order valence-corrected chi connectivity index (χ1v) is 7.25. The van der Waals surface area contributed by atoms with E-state index in [1.54, 1.807) is 6.07 Å². The molecule has 0 saturated carbocycles. The number of ether oxygens (including phenoxy) is 1. The van der Waals surface area contributed by atoms with Crippen LogP contribution in [0.4, 0.5) is 0 Å². The fourth-order valence-electron chi connectivity index (χ4n) is 2.26. The number of carbonyl (C=O) groups is 1. The standard InChI is InChI=1S/C17H17BrO2/c1-11-5-4-6-12(2)16(11)10-20-17-13(3)7-15(18)8-14(17)9-19/h4-9H,10H2,1-3H3. The van der Waals surface area contributed by atoms with Crippen LogP contribution in [0.25, 0.3) is 0 Å². The van der Waals surface area contributed by atoms with E-state index in [9.17, 15) is 4.79 Å². The normalized spacial score (nSPS) is 10.4. The Morgan fingerprint density at radius 3 is 2.35 bits per heavy atom. The summed E-state index contributed by atoms with van der Waals surface area (Å²) in [5.41, 5.74) is 5.10. The molecule has 2 aromatic carbocycles. The summed E-state index contributed by atoms with van der Waals surface area (Å²) in [6, 6.07) is 9.91. The first-order chi connectivity index (χ1) is 9.52. The molecule has 0 aliphatic carbocycles. The van der Waals surface area contributed by atoms with Crippen LogP contribution in [-0.4, -0.2) is 6.29 Å². The zero-order chi connectivity index (χ0) is 14.7. The number of hydrogen-bond acceptors (Lipinski definition) is 2. The molecule has 0 aromatic heterocycles. The van der Waals surface area contributed by atoms with E-state index in [-0.39, 0.29) is 0 Å². The molecule has 0 unspecified atom stereocenters. The van der Waals surface area contributed by atoms with Crippen LogP contribution in [0.5, 0.6) is 5.75 Å². The van der Waals surface area contributed by atoms with Crippen molar-refractivity contribution in [2.24, 2.45) is 0 Å². The van der Waals surface area contributed by atoms with Crippen LogP contribution in [0.15, 0.2) is 34.8 Å². The number of aldehydes is 1. The predicted molar refractivity (Wildman–Crippen MR) is 84.5 cm³/mol. The lowest BCUT2D eigenvalue weighted by Crippen LogP contribution is -2.03. The lowest BCUT2D eigenvalue weighted by molar-refractivity contribution is 0.111. The molecule has 3 heteroatoms. The molecule has 0 spiro atoms. The van der Waals surface area contributed by atoms with Crippen LogP contribution < -0.4 is 4.74 Å². The molecule has 0 atom stereocenters. The molecule has 0 N–H and O–H groups in total. The van der Waals surface area contributed by atoms with Gasteiger partial charge in [-0.05, 0) is 55.2 Å². The Bertz CT molecular complexity index is 627. The van der Waals surface area contributed by atoms with Gasteiger partial charge in [0.1, 0.15) is 12.4 Å². The Labute approximate surface area is 127 Å². The summed E-state index contributed by atoms with van der Waals surface area (Å²) >= 11 is 3.39. The van der Waals surface area contributed by atoms with Crippen molar-refractivity contribution in [3.63, 3.8) is 0 Å². The highest BCUT2D eigenvalue weighted by atomic mass is 79.9. The molecule has 2 aromatic rings. The highest BCUT2D eigenvalue weighted by molar-refractivity contribution is 9.10. The van der Waals surface area contributed by atoms with Crippen molar-refractivity contribution < 1.29 is 9.53 Å². The largest absolute Gasteiger partial charge is 0.488 e. The van der Waals surface area contributed by atoms with Gasteiger partial charge >= 0.3 is 0 Å². The molecule has 0 saturated heterocycles. The van der Waals surface area contributed by atoms with Gasteiger partial charge in [-0.3, -0.25) is 4.79 Å². The minimum absolute atomic E-state index is 0.474. The molecule has 2 nitrogen and oxygen atoms in total. The molecular weight excluding hydrogens is 316 g/mol. The molecule has 2 rings (SSSR count). The van der Waals surface area contributed by atoms with Crippen LogP contribution in [0.1, 0.15) is 32.6 Å². The Kier molecular flexibility index (Phi) is 4.61. The smallest absolute Gasteiger partial charge is 0.153 e. The number of halogens is 1. The van der Waals surface area contributed by atoms with Crippen LogP contribution in [-0.2, 0) is 6.61 Å². The van der Waals surface area contributed by atoms with Crippen molar-refractivity contribution in [3.05, 3.63) is 62.6 Å². The second kappa shape index (κ2) is 6.23. The summed E-state index contributed by atoms with van der Waals surface area (Å²) < 4.78 is 6.80. The Balaban J connectivity index is 2.30. The average molecular weight is 333 g/mol. The fraction of sp³-hybridized carbons (Fsp3) is 0.235. The maximum absolute atomic E-state index is 11.2. The molecular formula is C17H17BrO2. The van der Waals surface area contributed by atoms with Crippen molar-refractivity contribution in [2.75, 3.05) is 0 Å². The van der Waals surface area contributed by atoms with Crippen molar-refractivity contribution in [3.8, 4) is 5.75 Å². The summed E-state index contributed by atoms with van der Waals surface area (Å²) in [6.45, 7) is 6.56. The second-order valence-corrected chi connectivity index (χ2v) is 5.83. The second-order valence-electron chi connectivity index (χ2n) is 4.92. The molecule has 20 heavy (non-hydrogen) atoms. The first kappa shape index (κ1) is 14.8. The lowest BCUT2D eigenvalue weighted by atomic mass is 10.0. The maximum Gasteiger partial charge on any atom is 0.153 e. The van der Waals surface area contributed by atoms with Gasteiger partial charge in [0, 0.05) is 4.47 Å². The monoisotopic (exact) mass is 332 g/mol. The van der Waals surface area contributed by atoms with E-state index in [0.717, 1.165) is 16.3 Å². The summed E-state index contributed by atoms with van der Waals surface area (Å²) in [5, 5.41) is 0.